The Morgan fingerprint density at radius 1 is 1.11 bits per heavy atom. The van der Waals surface area contributed by atoms with Crippen molar-refractivity contribution >= 4 is 0 Å². The summed E-state index contributed by atoms with van der Waals surface area (Å²) in [5, 5.41) is 10.4. The van der Waals surface area contributed by atoms with Crippen LogP contribution in [0.2, 0.25) is 0 Å². The molecule has 2 aromatic carbocycles. The minimum Gasteiger partial charge on any atom is -0.496 e. The molecule has 2 aromatic rings. The van der Waals surface area contributed by atoms with Crippen molar-refractivity contribution < 1.29 is 9.84 Å². The number of aliphatic hydroxyl groups is 1. The number of hydrogen-bond donors (Lipinski definition) is 1. The van der Waals surface area contributed by atoms with Crippen LogP contribution in [0.4, 0.5) is 0 Å². The average molecular weight is 254 g/mol. The van der Waals surface area contributed by atoms with Gasteiger partial charge in [0.2, 0.25) is 0 Å². The molecule has 0 amide bonds. The van der Waals surface area contributed by atoms with Gasteiger partial charge in [0.1, 0.15) is 5.75 Å². The Hall–Kier alpha value is -1.80. The zero-order valence-corrected chi connectivity index (χ0v) is 11.0. The van der Waals surface area contributed by atoms with Gasteiger partial charge in [-0.15, -0.1) is 0 Å². The topological polar surface area (TPSA) is 29.5 Å². The summed E-state index contributed by atoms with van der Waals surface area (Å²) >= 11 is 0. The van der Waals surface area contributed by atoms with Crippen molar-refractivity contribution in [2.75, 3.05) is 7.11 Å². The fourth-order valence-corrected chi connectivity index (χ4v) is 2.99. The van der Waals surface area contributed by atoms with Crippen molar-refractivity contribution in [1.82, 2.24) is 0 Å². The van der Waals surface area contributed by atoms with Crippen molar-refractivity contribution in [2.24, 2.45) is 5.92 Å². The molecule has 0 saturated carbocycles. The summed E-state index contributed by atoms with van der Waals surface area (Å²) < 4.78 is 5.39. The van der Waals surface area contributed by atoms with Crippen LogP contribution in [0, 0.1) is 5.92 Å². The molecule has 2 nitrogen and oxygen atoms in total. The van der Waals surface area contributed by atoms with Gasteiger partial charge in [-0.25, -0.2) is 0 Å². The lowest BCUT2D eigenvalue weighted by molar-refractivity contribution is 0.123. The van der Waals surface area contributed by atoms with Crippen molar-refractivity contribution in [3.8, 4) is 5.75 Å². The molecule has 0 radical (unpaired) electrons. The third-order valence-corrected chi connectivity index (χ3v) is 3.98. The zero-order chi connectivity index (χ0) is 13.2. The SMILES string of the molecule is COc1ccccc1CC1Cc2ccccc2C1O. The van der Waals surface area contributed by atoms with Crippen LogP contribution in [0.3, 0.4) is 0 Å². The van der Waals surface area contributed by atoms with Gasteiger partial charge in [-0.05, 0) is 41.5 Å². The maximum absolute atomic E-state index is 10.4. The first-order valence-electron chi connectivity index (χ1n) is 6.67. The molecule has 0 aromatic heterocycles. The van der Waals surface area contributed by atoms with Gasteiger partial charge in [0, 0.05) is 0 Å². The van der Waals surface area contributed by atoms with Crippen LogP contribution in [-0.2, 0) is 12.8 Å². The first-order chi connectivity index (χ1) is 9.29. The third kappa shape index (κ3) is 2.24. The van der Waals surface area contributed by atoms with Gasteiger partial charge in [-0.2, -0.15) is 0 Å². The maximum Gasteiger partial charge on any atom is 0.122 e. The first kappa shape index (κ1) is 12.2. The smallest absolute Gasteiger partial charge is 0.122 e. The quantitative estimate of drug-likeness (QED) is 0.911. The van der Waals surface area contributed by atoms with Gasteiger partial charge in [0.15, 0.2) is 0 Å². The number of para-hydroxylation sites is 1. The van der Waals surface area contributed by atoms with Gasteiger partial charge in [0.25, 0.3) is 0 Å². The number of ether oxygens (including phenoxy) is 1. The molecule has 3 rings (SSSR count). The molecule has 0 spiro atoms. The van der Waals surface area contributed by atoms with Crippen LogP contribution >= 0.6 is 0 Å². The molecule has 0 bridgehead atoms. The van der Waals surface area contributed by atoms with E-state index in [4.69, 9.17) is 4.74 Å². The number of benzene rings is 2. The summed E-state index contributed by atoms with van der Waals surface area (Å²) in [6.45, 7) is 0. The molecule has 2 heteroatoms. The van der Waals surface area contributed by atoms with Crippen LogP contribution in [-0.4, -0.2) is 12.2 Å². The molecule has 1 N–H and O–H groups in total. The molecular formula is C17H18O2. The number of rotatable bonds is 3. The highest BCUT2D eigenvalue weighted by atomic mass is 16.5. The lowest BCUT2D eigenvalue weighted by Gasteiger charge is -2.16. The molecule has 1 aliphatic carbocycles. The maximum atomic E-state index is 10.4. The molecule has 0 fully saturated rings. The third-order valence-electron chi connectivity index (χ3n) is 3.98. The van der Waals surface area contributed by atoms with E-state index >= 15 is 0 Å². The highest BCUT2D eigenvalue weighted by Gasteiger charge is 2.30. The molecule has 2 atom stereocenters. The van der Waals surface area contributed by atoms with Gasteiger partial charge in [-0.1, -0.05) is 42.5 Å². The standard InChI is InChI=1S/C17H18O2/c1-19-16-9-5-3-7-13(16)11-14-10-12-6-2-4-8-15(12)17(14)18/h2-9,14,17-18H,10-11H2,1H3. The van der Waals surface area contributed by atoms with Crippen molar-refractivity contribution in [1.29, 1.82) is 0 Å². The van der Waals surface area contributed by atoms with E-state index < -0.39 is 0 Å². The van der Waals surface area contributed by atoms with Crippen molar-refractivity contribution in [3.05, 3.63) is 65.2 Å². The van der Waals surface area contributed by atoms with Crippen molar-refractivity contribution in [2.45, 2.75) is 18.9 Å². The summed E-state index contributed by atoms with van der Waals surface area (Å²) in [4.78, 5) is 0. The fourth-order valence-electron chi connectivity index (χ4n) is 2.99. The highest BCUT2D eigenvalue weighted by Crippen LogP contribution is 2.38. The molecule has 0 saturated heterocycles. The van der Waals surface area contributed by atoms with Crippen LogP contribution in [0.15, 0.2) is 48.5 Å². The van der Waals surface area contributed by atoms with E-state index in [1.165, 1.54) is 11.1 Å². The monoisotopic (exact) mass is 254 g/mol. The first-order valence-corrected chi connectivity index (χ1v) is 6.67. The summed E-state index contributed by atoms with van der Waals surface area (Å²) in [6, 6.07) is 16.2. The van der Waals surface area contributed by atoms with E-state index in [-0.39, 0.29) is 12.0 Å². The van der Waals surface area contributed by atoms with Gasteiger partial charge < -0.3 is 9.84 Å². The molecule has 0 heterocycles. The molecule has 1 aliphatic rings. The fraction of sp³-hybridized carbons (Fsp3) is 0.294. The average Bonchev–Trinajstić information content (AvgIpc) is 2.77. The highest BCUT2D eigenvalue weighted by molar-refractivity contribution is 5.38. The summed E-state index contributed by atoms with van der Waals surface area (Å²) in [5.41, 5.74) is 3.53. The Morgan fingerprint density at radius 2 is 1.84 bits per heavy atom. The normalized spacial score (nSPS) is 21.2. The van der Waals surface area contributed by atoms with E-state index in [1.54, 1.807) is 7.11 Å². The lowest BCUT2D eigenvalue weighted by atomic mass is 9.94. The number of fused-ring (bicyclic) bond motifs is 1. The minimum atomic E-state index is -0.360. The lowest BCUT2D eigenvalue weighted by Crippen LogP contribution is -2.11. The van der Waals surface area contributed by atoms with Crippen LogP contribution < -0.4 is 4.74 Å². The largest absolute Gasteiger partial charge is 0.496 e. The number of hydrogen-bond acceptors (Lipinski definition) is 2. The van der Waals surface area contributed by atoms with E-state index in [2.05, 4.69) is 12.1 Å². The Bertz CT molecular complexity index is 577. The summed E-state index contributed by atoms with van der Waals surface area (Å²) in [5.74, 6) is 1.15. The molecular weight excluding hydrogens is 236 g/mol. The van der Waals surface area contributed by atoms with Crippen molar-refractivity contribution in [3.63, 3.8) is 0 Å². The zero-order valence-electron chi connectivity index (χ0n) is 11.0. The second-order valence-electron chi connectivity index (χ2n) is 5.12. The van der Waals surface area contributed by atoms with E-state index in [1.807, 2.05) is 36.4 Å². The molecule has 2 unspecified atom stereocenters. The summed E-state index contributed by atoms with van der Waals surface area (Å²) in [6.07, 6.45) is 1.43. The van der Waals surface area contributed by atoms with E-state index in [0.717, 1.165) is 24.2 Å². The van der Waals surface area contributed by atoms with Gasteiger partial charge in [0.05, 0.1) is 13.2 Å². The molecule has 19 heavy (non-hydrogen) atoms. The van der Waals surface area contributed by atoms with Gasteiger partial charge >= 0.3 is 0 Å². The Kier molecular flexibility index (Phi) is 3.26. The van der Waals surface area contributed by atoms with Crippen LogP contribution in [0.5, 0.6) is 5.75 Å². The second kappa shape index (κ2) is 5.06. The van der Waals surface area contributed by atoms with Gasteiger partial charge in [-0.3, -0.25) is 0 Å². The van der Waals surface area contributed by atoms with E-state index in [9.17, 15) is 5.11 Å². The second-order valence-corrected chi connectivity index (χ2v) is 5.12. The molecule has 98 valence electrons. The minimum absolute atomic E-state index is 0.244. The predicted molar refractivity (Wildman–Crippen MR) is 75.3 cm³/mol. The number of methoxy groups -OCH3 is 1. The Morgan fingerprint density at radius 3 is 2.63 bits per heavy atom. The van der Waals surface area contributed by atoms with Crippen LogP contribution in [0.1, 0.15) is 22.8 Å². The Balaban J connectivity index is 1.83. The predicted octanol–water partition coefficient (Wildman–Crippen LogP) is 3.14. The Labute approximate surface area is 113 Å². The summed E-state index contributed by atoms with van der Waals surface area (Å²) in [7, 11) is 1.69. The van der Waals surface area contributed by atoms with E-state index in [0.29, 0.717) is 0 Å². The number of aliphatic hydroxyl groups excluding tert-OH is 1. The molecule has 0 aliphatic heterocycles. The van der Waals surface area contributed by atoms with Crippen LogP contribution in [0.25, 0.3) is 0 Å².